The maximum atomic E-state index is 12.4. The van der Waals surface area contributed by atoms with E-state index in [1.165, 1.54) is 0 Å². The van der Waals surface area contributed by atoms with Crippen LogP contribution in [0.4, 0.5) is 10.5 Å². The molecule has 0 aliphatic heterocycles. The van der Waals surface area contributed by atoms with Crippen LogP contribution in [0.2, 0.25) is 0 Å². The molecule has 2 atom stereocenters. The second-order valence-corrected chi connectivity index (χ2v) is 8.50. The lowest BCUT2D eigenvalue weighted by Crippen LogP contribution is -2.41. The summed E-state index contributed by atoms with van der Waals surface area (Å²) in [4.78, 5) is 12.0. The van der Waals surface area contributed by atoms with Crippen molar-refractivity contribution in [1.82, 2.24) is 4.72 Å². The minimum Gasteiger partial charge on any atom is -0.446 e. The van der Waals surface area contributed by atoms with E-state index in [1.54, 1.807) is 24.3 Å². The lowest BCUT2D eigenvalue weighted by molar-refractivity contribution is 0.0793. The third kappa shape index (κ3) is 6.37. The summed E-state index contributed by atoms with van der Waals surface area (Å²) < 4.78 is 33.0. The molecule has 1 saturated carbocycles. The molecular weight excluding hydrogens is 364 g/mol. The smallest absolute Gasteiger partial charge is 0.411 e. The number of carbonyl (C=O) groups excluding carboxylic acids is 1. The van der Waals surface area contributed by atoms with Crippen LogP contribution in [0, 0.1) is 0 Å². The number of amides is 1. The Morgan fingerprint density at radius 3 is 2.37 bits per heavy atom. The first-order valence-corrected chi connectivity index (χ1v) is 10.7. The Kier molecular flexibility index (Phi) is 6.47. The van der Waals surface area contributed by atoms with E-state index in [9.17, 15) is 13.2 Å². The maximum Gasteiger partial charge on any atom is 0.411 e. The molecule has 2 N–H and O–H groups in total. The van der Waals surface area contributed by atoms with Gasteiger partial charge in [-0.15, -0.1) is 0 Å². The number of sulfonamides is 1. The molecular formula is C20H24N2O4S. The zero-order chi connectivity index (χ0) is 19.1. The maximum absolute atomic E-state index is 12.4. The average molecular weight is 388 g/mol. The monoisotopic (exact) mass is 388 g/mol. The third-order valence-electron chi connectivity index (χ3n) is 4.47. The van der Waals surface area contributed by atoms with E-state index in [0.717, 1.165) is 24.8 Å². The van der Waals surface area contributed by atoms with E-state index in [1.807, 2.05) is 36.4 Å². The van der Waals surface area contributed by atoms with Gasteiger partial charge in [0, 0.05) is 18.2 Å². The van der Waals surface area contributed by atoms with Gasteiger partial charge in [0.15, 0.2) is 0 Å². The number of rotatable bonds is 6. The second-order valence-electron chi connectivity index (χ2n) is 6.74. The number of para-hydroxylation sites is 1. The van der Waals surface area contributed by atoms with Gasteiger partial charge in [-0.05, 0) is 37.0 Å². The van der Waals surface area contributed by atoms with Crippen LogP contribution in [0.3, 0.4) is 0 Å². The Hall–Kier alpha value is -2.38. The summed E-state index contributed by atoms with van der Waals surface area (Å²) in [5.74, 6) is -0.0512. The molecule has 2 aromatic rings. The number of hydrogen-bond acceptors (Lipinski definition) is 4. The van der Waals surface area contributed by atoms with Crippen molar-refractivity contribution < 1.29 is 17.9 Å². The molecule has 3 rings (SSSR count). The number of hydrogen-bond donors (Lipinski definition) is 2. The normalized spacial score (nSPS) is 20.0. The van der Waals surface area contributed by atoms with Crippen LogP contribution in [0.5, 0.6) is 0 Å². The molecule has 0 radical (unpaired) electrons. The molecule has 1 amide bonds. The molecule has 1 fully saturated rings. The predicted octanol–water partition coefficient (Wildman–Crippen LogP) is 3.67. The molecule has 0 aromatic heterocycles. The summed E-state index contributed by atoms with van der Waals surface area (Å²) in [6.07, 6.45) is 1.96. The third-order valence-corrected chi connectivity index (χ3v) is 5.87. The Labute approximate surface area is 160 Å². The van der Waals surface area contributed by atoms with Gasteiger partial charge in [-0.25, -0.2) is 17.9 Å². The van der Waals surface area contributed by atoms with Gasteiger partial charge >= 0.3 is 6.09 Å². The summed E-state index contributed by atoms with van der Waals surface area (Å²) in [5, 5.41) is 2.69. The SMILES string of the molecule is O=C(Nc1ccccc1)O[C@H]1CCC[C@H](NS(=O)(=O)Cc2ccccc2)C1. The van der Waals surface area contributed by atoms with Crippen molar-refractivity contribution in [2.45, 2.75) is 43.6 Å². The van der Waals surface area contributed by atoms with Crippen LogP contribution in [-0.4, -0.2) is 26.7 Å². The number of carbonyl (C=O) groups is 1. The molecule has 1 aliphatic carbocycles. The topological polar surface area (TPSA) is 84.5 Å². The van der Waals surface area contributed by atoms with Crippen molar-refractivity contribution in [2.24, 2.45) is 0 Å². The molecule has 27 heavy (non-hydrogen) atoms. The van der Waals surface area contributed by atoms with Crippen LogP contribution >= 0.6 is 0 Å². The summed E-state index contributed by atoms with van der Waals surface area (Å²) in [5.41, 5.74) is 1.41. The Morgan fingerprint density at radius 2 is 1.67 bits per heavy atom. The number of benzene rings is 2. The Morgan fingerprint density at radius 1 is 1.00 bits per heavy atom. The molecule has 0 heterocycles. The first kappa shape index (κ1) is 19.4. The minimum absolute atomic E-state index is 0.0512. The quantitative estimate of drug-likeness (QED) is 0.791. The fourth-order valence-electron chi connectivity index (χ4n) is 3.27. The minimum atomic E-state index is -3.44. The van der Waals surface area contributed by atoms with Gasteiger partial charge < -0.3 is 4.74 Å². The van der Waals surface area contributed by atoms with E-state index in [2.05, 4.69) is 10.0 Å². The van der Waals surface area contributed by atoms with Crippen molar-refractivity contribution >= 4 is 21.8 Å². The lowest BCUT2D eigenvalue weighted by atomic mass is 9.94. The molecule has 0 saturated heterocycles. The summed E-state index contributed by atoms with van der Waals surface area (Å²) in [6.45, 7) is 0. The number of anilines is 1. The first-order chi connectivity index (χ1) is 13.0. The largest absolute Gasteiger partial charge is 0.446 e. The fraction of sp³-hybridized carbons (Fsp3) is 0.350. The second kappa shape index (κ2) is 9.01. The molecule has 0 unspecified atom stereocenters. The van der Waals surface area contributed by atoms with Crippen LogP contribution in [0.15, 0.2) is 60.7 Å². The van der Waals surface area contributed by atoms with Crippen LogP contribution < -0.4 is 10.0 Å². The molecule has 6 nitrogen and oxygen atoms in total. The summed E-state index contributed by atoms with van der Waals surface area (Å²) >= 11 is 0. The molecule has 1 aliphatic rings. The fourth-order valence-corrected chi connectivity index (χ4v) is 4.71. The van der Waals surface area contributed by atoms with Gasteiger partial charge in [-0.3, -0.25) is 5.32 Å². The standard InChI is InChI=1S/C20H24N2O4S/c23-20(21-17-10-5-2-6-11-17)26-19-13-7-12-18(14-19)22-27(24,25)15-16-8-3-1-4-9-16/h1-6,8-11,18-19,22H,7,12-15H2,(H,21,23)/t18-,19-/m0/s1. The van der Waals surface area contributed by atoms with Gasteiger partial charge in [0.1, 0.15) is 6.10 Å². The highest BCUT2D eigenvalue weighted by Gasteiger charge is 2.28. The van der Waals surface area contributed by atoms with Gasteiger partial charge in [-0.1, -0.05) is 48.5 Å². The van der Waals surface area contributed by atoms with E-state index < -0.39 is 16.1 Å². The summed E-state index contributed by atoms with van der Waals surface area (Å²) in [6, 6.07) is 17.9. The average Bonchev–Trinajstić information content (AvgIpc) is 2.62. The van der Waals surface area contributed by atoms with Crippen molar-refractivity contribution in [1.29, 1.82) is 0 Å². The molecule has 2 aromatic carbocycles. The Balaban J connectivity index is 1.50. The van der Waals surface area contributed by atoms with Crippen LogP contribution in [0.1, 0.15) is 31.2 Å². The number of nitrogens with one attached hydrogen (secondary N) is 2. The molecule has 0 spiro atoms. The van der Waals surface area contributed by atoms with Crippen LogP contribution in [-0.2, 0) is 20.5 Å². The van der Waals surface area contributed by atoms with Crippen LogP contribution in [0.25, 0.3) is 0 Å². The van der Waals surface area contributed by atoms with E-state index in [-0.39, 0.29) is 17.9 Å². The zero-order valence-electron chi connectivity index (χ0n) is 15.0. The highest BCUT2D eigenvalue weighted by molar-refractivity contribution is 7.88. The first-order valence-electron chi connectivity index (χ1n) is 9.07. The lowest BCUT2D eigenvalue weighted by Gasteiger charge is -2.29. The van der Waals surface area contributed by atoms with Crippen molar-refractivity contribution in [3.05, 3.63) is 66.2 Å². The van der Waals surface area contributed by atoms with Gasteiger partial charge in [-0.2, -0.15) is 0 Å². The van der Waals surface area contributed by atoms with E-state index in [0.29, 0.717) is 12.1 Å². The Bertz CT molecular complexity index is 841. The van der Waals surface area contributed by atoms with Gasteiger partial charge in [0.2, 0.25) is 10.0 Å². The molecule has 7 heteroatoms. The van der Waals surface area contributed by atoms with E-state index >= 15 is 0 Å². The van der Waals surface area contributed by atoms with Crippen molar-refractivity contribution in [3.8, 4) is 0 Å². The summed E-state index contributed by atoms with van der Waals surface area (Å²) in [7, 11) is -3.44. The zero-order valence-corrected chi connectivity index (χ0v) is 15.8. The molecule has 0 bridgehead atoms. The van der Waals surface area contributed by atoms with Gasteiger partial charge in [0.25, 0.3) is 0 Å². The highest BCUT2D eigenvalue weighted by Crippen LogP contribution is 2.23. The van der Waals surface area contributed by atoms with Gasteiger partial charge in [0.05, 0.1) is 5.75 Å². The van der Waals surface area contributed by atoms with Crippen molar-refractivity contribution in [3.63, 3.8) is 0 Å². The van der Waals surface area contributed by atoms with E-state index in [4.69, 9.17) is 4.74 Å². The van der Waals surface area contributed by atoms with Crippen molar-refractivity contribution in [2.75, 3.05) is 5.32 Å². The number of ether oxygens (including phenoxy) is 1. The highest BCUT2D eigenvalue weighted by atomic mass is 32.2. The molecule has 144 valence electrons. The predicted molar refractivity (Wildman–Crippen MR) is 105 cm³/mol.